The van der Waals surface area contributed by atoms with Gasteiger partial charge in [0, 0.05) is 31.4 Å². The first-order chi connectivity index (χ1) is 9.15. The fraction of sp³-hybridized carbons (Fsp3) is 0.625. The lowest BCUT2D eigenvalue weighted by atomic mass is 10.1. The number of nitrogens with zero attached hydrogens (tertiary/aromatic N) is 1. The molecular weight excluding hydrogens is 236 g/mol. The Bertz CT molecular complexity index is 369. The first-order valence-corrected chi connectivity index (χ1v) is 7.35. The largest absolute Gasteiger partial charge is 0.399 e. The monoisotopic (exact) mass is 262 g/mol. The van der Waals surface area contributed by atoms with E-state index in [1.165, 1.54) is 24.8 Å². The number of nitrogens with two attached hydrogens (primary N) is 1. The molecular formula is C16H26N2O. The number of benzene rings is 1. The number of hydrogen-bond donors (Lipinski definition) is 1. The summed E-state index contributed by atoms with van der Waals surface area (Å²) in [5, 5.41) is 0. The van der Waals surface area contributed by atoms with Gasteiger partial charge >= 0.3 is 0 Å². The lowest BCUT2D eigenvalue weighted by Crippen LogP contribution is -2.39. The van der Waals surface area contributed by atoms with Crippen LogP contribution < -0.4 is 5.73 Å². The molecule has 1 saturated heterocycles. The van der Waals surface area contributed by atoms with E-state index in [0.29, 0.717) is 12.1 Å². The molecule has 1 aromatic carbocycles. The van der Waals surface area contributed by atoms with Crippen molar-refractivity contribution in [1.82, 2.24) is 4.90 Å². The Kier molecular flexibility index (Phi) is 5.23. The van der Waals surface area contributed by atoms with E-state index in [1.807, 2.05) is 12.1 Å². The van der Waals surface area contributed by atoms with E-state index >= 15 is 0 Å². The highest BCUT2D eigenvalue weighted by Gasteiger charge is 2.19. The van der Waals surface area contributed by atoms with Crippen LogP contribution in [0.4, 0.5) is 5.69 Å². The molecule has 0 aromatic heterocycles. The van der Waals surface area contributed by atoms with E-state index in [4.69, 9.17) is 10.5 Å². The van der Waals surface area contributed by atoms with Crippen molar-refractivity contribution >= 4 is 5.69 Å². The van der Waals surface area contributed by atoms with Gasteiger partial charge in [-0.1, -0.05) is 12.1 Å². The van der Waals surface area contributed by atoms with Crippen LogP contribution in [-0.2, 0) is 11.3 Å². The topological polar surface area (TPSA) is 38.5 Å². The molecule has 106 valence electrons. The average molecular weight is 262 g/mol. The summed E-state index contributed by atoms with van der Waals surface area (Å²) in [7, 11) is 0. The maximum atomic E-state index is 5.85. The Morgan fingerprint density at radius 1 is 1.26 bits per heavy atom. The zero-order chi connectivity index (χ0) is 13.7. The SMILES string of the molecule is CC(C)N(Cc1ccc(N)cc1)CC1CCCCO1. The van der Waals surface area contributed by atoms with Crippen LogP contribution in [0.1, 0.15) is 38.7 Å². The summed E-state index contributed by atoms with van der Waals surface area (Å²) in [5.74, 6) is 0. The van der Waals surface area contributed by atoms with Gasteiger partial charge in [-0.25, -0.2) is 0 Å². The summed E-state index contributed by atoms with van der Waals surface area (Å²) < 4.78 is 5.85. The molecule has 3 heteroatoms. The standard InChI is InChI=1S/C16H26N2O/c1-13(2)18(12-16-5-3-4-10-19-16)11-14-6-8-15(17)9-7-14/h6-9,13,16H,3-5,10-12,17H2,1-2H3. The normalized spacial score (nSPS) is 20.1. The van der Waals surface area contributed by atoms with Crippen molar-refractivity contribution in [2.75, 3.05) is 18.9 Å². The van der Waals surface area contributed by atoms with E-state index in [9.17, 15) is 0 Å². The van der Waals surface area contributed by atoms with Gasteiger partial charge in [0.05, 0.1) is 6.10 Å². The van der Waals surface area contributed by atoms with E-state index in [1.54, 1.807) is 0 Å². The number of hydrogen-bond acceptors (Lipinski definition) is 3. The highest BCUT2D eigenvalue weighted by atomic mass is 16.5. The molecule has 0 bridgehead atoms. The fourth-order valence-electron chi connectivity index (χ4n) is 2.53. The van der Waals surface area contributed by atoms with Gasteiger partial charge in [-0.3, -0.25) is 4.90 Å². The molecule has 1 aliphatic rings. The third-order valence-electron chi connectivity index (χ3n) is 3.81. The van der Waals surface area contributed by atoms with Crippen LogP contribution in [0.2, 0.25) is 0 Å². The zero-order valence-electron chi connectivity index (χ0n) is 12.1. The van der Waals surface area contributed by atoms with Crippen molar-refractivity contribution in [3.63, 3.8) is 0 Å². The van der Waals surface area contributed by atoms with Crippen molar-refractivity contribution in [2.45, 2.75) is 51.8 Å². The summed E-state index contributed by atoms with van der Waals surface area (Å²) in [5.41, 5.74) is 7.88. The molecule has 0 aliphatic carbocycles. The first kappa shape index (κ1) is 14.4. The molecule has 1 aliphatic heterocycles. The van der Waals surface area contributed by atoms with Gasteiger partial charge in [0.2, 0.25) is 0 Å². The Hall–Kier alpha value is -1.06. The second kappa shape index (κ2) is 6.92. The summed E-state index contributed by atoms with van der Waals surface area (Å²) in [6.45, 7) is 7.43. The number of anilines is 1. The van der Waals surface area contributed by atoms with E-state index < -0.39 is 0 Å². The molecule has 1 unspecified atom stereocenters. The van der Waals surface area contributed by atoms with Gasteiger partial charge in [-0.15, -0.1) is 0 Å². The summed E-state index contributed by atoms with van der Waals surface area (Å²) in [4.78, 5) is 2.49. The minimum absolute atomic E-state index is 0.407. The zero-order valence-corrected chi connectivity index (χ0v) is 12.1. The molecule has 0 radical (unpaired) electrons. The second-order valence-corrected chi connectivity index (χ2v) is 5.75. The van der Waals surface area contributed by atoms with E-state index in [2.05, 4.69) is 30.9 Å². The molecule has 1 heterocycles. The smallest absolute Gasteiger partial charge is 0.0702 e. The minimum atomic E-state index is 0.407. The number of ether oxygens (including phenoxy) is 1. The Morgan fingerprint density at radius 2 is 2.00 bits per heavy atom. The lowest BCUT2D eigenvalue weighted by Gasteiger charge is -2.32. The first-order valence-electron chi connectivity index (χ1n) is 7.35. The number of nitrogen functional groups attached to an aromatic ring is 1. The molecule has 19 heavy (non-hydrogen) atoms. The molecule has 0 spiro atoms. The van der Waals surface area contributed by atoms with Crippen molar-refractivity contribution in [3.8, 4) is 0 Å². The summed E-state index contributed by atoms with van der Waals surface area (Å²) >= 11 is 0. The maximum absolute atomic E-state index is 5.85. The molecule has 2 rings (SSSR count). The molecule has 2 N–H and O–H groups in total. The van der Waals surface area contributed by atoms with Gasteiger partial charge in [-0.2, -0.15) is 0 Å². The minimum Gasteiger partial charge on any atom is -0.399 e. The molecule has 0 amide bonds. The predicted molar refractivity (Wildman–Crippen MR) is 80.0 cm³/mol. The van der Waals surface area contributed by atoms with Gasteiger partial charge in [0.25, 0.3) is 0 Å². The van der Waals surface area contributed by atoms with Gasteiger partial charge < -0.3 is 10.5 Å². The highest BCUT2D eigenvalue weighted by molar-refractivity contribution is 5.39. The van der Waals surface area contributed by atoms with E-state index in [0.717, 1.165) is 25.4 Å². The van der Waals surface area contributed by atoms with Crippen LogP contribution in [0.5, 0.6) is 0 Å². The average Bonchev–Trinajstić information content (AvgIpc) is 2.41. The fourth-order valence-corrected chi connectivity index (χ4v) is 2.53. The second-order valence-electron chi connectivity index (χ2n) is 5.75. The van der Waals surface area contributed by atoms with Crippen molar-refractivity contribution in [2.24, 2.45) is 0 Å². The van der Waals surface area contributed by atoms with Crippen molar-refractivity contribution in [1.29, 1.82) is 0 Å². The van der Waals surface area contributed by atoms with Crippen LogP contribution in [0.25, 0.3) is 0 Å². The molecule has 0 saturated carbocycles. The summed E-state index contributed by atoms with van der Waals surface area (Å²) in [6, 6.07) is 8.72. The van der Waals surface area contributed by atoms with E-state index in [-0.39, 0.29) is 0 Å². The lowest BCUT2D eigenvalue weighted by molar-refractivity contribution is -0.0129. The quantitative estimate of drug-likeness (QED) is 0.829. The Morgan fingerprint density at radius 3 is 2.58 bits per heavy atom. The van der Waals surface area contributed by atoms with Crippen LogP contribution >= 0.6 is 0 Å². The van der Waals surface area contributed by atoms with Crippen LogP contribution in [0.3, 0.4) is 0 Å². The van der Waals surface area contributed by atoms with Crippen molar-refractivity contribution < 1.29 is 4.74 Å². The predicted octanol–water partition coefficient (Wildman–Crippen LogP) is 3.05. The molecule has 3 nitrogen and oxygen atoms in total. The Balaban J connectivity index is 1.93. The van der Waals surface area contributed by atoms with Crippen LogP contribution in [0.15, 0.2) is 24.3 Å². The maximum Gasteiger partial charge on any atom is 0.0702 e. The third kappa shape index (κ3) is 4.51. The Labute approximate surface area is 116 Å². The molecule has 1 aromatic rings. The van der Waals surface area contributed by atoms with Gasteiger partial charge in [0.15, 0.2) is 0 Å². The van der Waals surface area contributed by atoms with Crippen molar-refractivity contribution in [3.05, 3.63) is 29.8 Å². The highest BCUT2D eigenvalue weighted by Crippen LogP contribution is 2.17. The van der Waals surface area contributed by atoms with Crippen LogP contribution in [0, 0.1) is 0 Å². The van der Waals surface area contributed by atoms with Gasteiger partial charge in [-0.05, 0) is 50.8 Å². The summed E-state index contributed by atoms with van der Waals surface area (Å²) in [6.07, 6.45) is 4.13. The molecule has 1 atom stereocenters. The number of rotatable bonds is 5. The molecule has 1 fully saturated rings. The third-order valence-corrected chi connectivity index (χ3v) is 3.81. The van der Waals surface area contributed by atoms with Crippen LogP contribution in [-0.4, -0.2) is 30.2 Å². The van der Waals surface area contributed by atoms with Gasteiger partial charge in [0.1, 0.15) is 0 Å².